The van der Waals surface area contributed by atoms with Crippen molar-refractivity contribution >= 4 is 33.7 Å². The Balaban J connectivity index is 1.23. The molecular weight excluding hydrogens is 472 g/mol. The normalized spacial score (nSPS) is 11.1. The number of thiophene rings is 1. The Kier molecular flexibility index (Phi) is 6.95. The summed E-state index contributed by atoms with van der Waals surface area (Å²) in [5.74, 6) is 0.271. The highest BCUT2D eigenvalue weighted by atomic mass is 32.1. The highest BCUT2D eigenvalue weighted by Crippen LogP contribution is 2.30. The van der Waals surface area contributed by atoms with Crippen molar-refractivity contribution in [2.45, 2.75) is 13.2 Å². The molecule has 178 valence electrons. The van der Waals surface area contributed by atoms with Crippen molar-refractivity contribution in [1.29, 1.82) is 0 Å². The third-order valence-electron chi connectivity index (χ3n) is 5.47. The second-order valence-corrected chi connectivity index (χ2v) is 8.87. The highest BCUT2D eigenvalue weighted by molar-refractivity contribution is 7.17. The molecule has 0 atom stereocenters. The van der Waals surface area contributed by atoms with Crippen LogP contribution in [0.4, 0.5) is 0 Å². The minimum absolute atomic E-state index is 0.191. The molecule has 0 saturated carbocycles. The zero-order valence-corrected chi connectivity index (χ0v) is 20.0. The first-order chi connectivity index (χ1) is 17.7. The molecular formula is C28H22N4O3S. The molecule has 0 bridgehead atoms. The van der Waals surface area contributed by atoms with Crippen LogP contribution in [-0.4, -0.2) is 21.7 Å². The number of rotatable bonds is 8. The fourth-order valence-corrected chi connectivity index (χ4v) is 4.61. The Labute approximate surface area is 211 Å². The van der Waals surface area contributed by atoms with Crippen LogP contribution in [0.1, 0.15) is 11.1 Å². The van der Waals surface area contributed by atoms with Gasteiger partial charge in [0.2, 0.25) is 0 Å². The maximum absolute atomic E-state index is 13.1. The highest BCUT2D eigenvalue weighted by Gasteiger charge is 2.14. The molecule has 0 radical (unpaired) electrons. The van der Waals surface area contributed by atoms with Gasteiger partial charge in [-0.25, -0.2) is 10.4 Å². The smallest absolute Gasteiger partial charge is 0.263 e. The molecule has 2 heterocycles. The van der Waals surface area contributed by atoms with Gasteiger partial charge in [-0.05, 0) is 28.8 Å². The van der Waals surface area contributed by atoms with Gasteiger partial charge in [0.25, 0.3) is 11.5 Å². The molecule has 2 aromatic heterocycles. The summed E-state index contributed by atoms with van der Waals surface area (Å²) in [5.41, 5.74) is 5.81. The molecule has 0 aliphatic heterocycles. The number of hydrazone groups is 1. The molecule has 0 aliphatic carbocycles. The lowest BCUT2D eigenvalue weighted by atomic mass is 10.1. The standard InChI is InChI=1S/C28H22N4O3S/c33-25(31-30-15-21-10-7-13-23(14-21)35-17-20-8-3-1-4-9-20)16-32-19-29-27-26(28(32)34)24(18-36-27)22-11-5-2-6-12-22/h1-15,18-19H,16-17H2,(H,31,33)/b30-15-. The molecule has 0 saturated heterocycles. The quantitative estimate of drug-likeness (QED) is 0.247. The topological polar surface area (TPSA) is 85.6 Å². The van der Waals surface area contributed by atoms with E-state index in [1.807, 2.05) is 90.3 Å². The number of benzene rings is 3. The predicted octanol–water partition coefficient (Wildman–Crippen LogP) is 4.85. The fraction of sp³-hybridized carbons (Fsp3) is 0.0714. The van der Waals surface area contributed by atoms with E-state index in [1.54, 1.807) is 0 Å². The minimum Gasteiger partial charge on any atom is -0.489 e. The van der Waals surface area contributed by atoms with Gasteiger partial charge in [0.1, 0.15) is 23.7 Å². The van der Waals surface area contributed by atoms with E-state index in [0.29, 0.717) is 22.6 Å². The minimum atomic E-state index is -0.428. The SMILES string of the molecule is O=C(Cn1cnc2scc(-c3ccccc3)c2c1=O)N/N=C\c1cccc(OCc2ccccc2)c1. The average Bonchev–Trinajstić information content (AvgIpc) is 3.36. The van der Waals surface area contributed by atoms with Crippen LogP contribution in [0.15, 0.2) is 107 Å². The average molecular weight is 495 g/mol. The summed E-state index contributed by atoms with van der Waals surface area (Å²) < 4.78 is 7.13. The first-order valence-corrected chi connectivity index (χ1v) is 12.2. The lowest BCUT2D eigenvalue weighted by Gasteiger charge is -2.07. The van der Waals surface area contributed by atoms with Gasteiger partial charge >= 0.3 is 0 Å². The van der Waals surface area contributed by atoms with E-state index in [9.17, 15) is 9.59 Å². The summed E-state index contributed by atoms with van der Waals surface area (Å²) in [5, 5.41) is 6.46. The van der Waals surface area contributed by atoms with E-state index >= 15 is 0 Å². The van der Waals surface area contributed by atoms with Crippen LogP contribution in [-0.2, 0) is 17.9 Å². The number of carbonyl (C=O) groups is 1. The van der Waals surface area contributed by atoms with Crippen LogP contribution in [0.2, 0.25) is 0 Å². The molecule has 36 heavy (non-hydrogen) atoms. The predicted molar refractivity (Wildman–Crippen MR) is 142 cm³/mol. The van der Waals surface area contributed by atoms with E-state index in [4.69, 9.17) is 4.74 Å². The van der Waals surface area contributed by atoms with Crippen molar-refractivity contribution < 1.29 is 9.53 Å². The van der Waals surface area contributed by atoms with Crippen molar-refractivity contribution in [2.75, 3.05) is 0 Å². The van der Waals surface area contributed by atoms with Gasteiger partial charge in [-0.15, -0.1) is 11.3 Å². The van der Waals surface area contributed by atoms with Crippen molar-refractivity contribution in [2.24, 2.45) is 5.10 Å². The van der Waals surface area contributed by atoms with Crippen LogP contribution in [0, 0.1) is 0 Å². The van der Waals surface area contributed by atoms with Gasteiger partial charge in [0, 0.05) is 10.9 Å². The van der Waals surface area contributed by atoms with E-state index < -0.39 is 5.91 Å². The lowest BCUT2D eigenvalue weighted by molar-refractivity contribution is -0.121. The first-order valence-electron chi connectivity index (χ1n) is 11.3. The fourth-order valence-electron chi connectivity index (χ4n) is 3.70. The molecule has 3 aromatic carbocycles. The molecule has 0 spiro atoms. The van der Waals surface area contributed by atoms with Crippen molar-refractivity contribution in [3.05, 3.63) is 118 Å². The number of ether oxygens (including phenoxy) is 1. The van der Waals surface area contributed by atoms with Crippen LogP contribution >= 0.6 is 11.3 Å². The number of fused-ring (bicyclic) bond motifs is 1. The third kappa shape index (κ3) is 5.39. The van der Waals surface area contributed by atoms with E-state index in [1.165, 1.54) is 28.4 Å². The zero-order chi connectivity index (χ0) is 24.7. The molecule has 1 amide bonds. The summed E-state index contributed by atoms with van der Waals surface area (Å²) >= 11 is 1.41. The van der Waals surface area contributed by atoms with E-state index in [-0.39, 0.29) is 12.1 Å². The summed E-state index contributed by atoms with van der Waals surface area (Å²) in [6.07, 6.45) is 2.93. The Morgan fingerprint density at radius 2 is 1.81 bits per heavy atom. The van der Waals surface area contributed by atoms with Crippen LogP contribution in [0.3, 0.4) is 0 Å². The van der Waals surface area contributed by atoms with Gasteiger partial charge in [0.15, 0.2) is 0 Å². The van der Waals surface area contributed by atoms with Gasteiger partial charge in [-0.2, -0.15) is 5.10 Å². The van der Waals surface area contributed by atoms with Gasteiger partial charge in [-0.1, -0.05) is 72.8 Å². The number of hydrogen-bond donors (Lipinski definition) is 1. The number of aromatic nitrogens is 2. The number of nitrogens with one attached hydrogen (secondary N) is 1. The van der Waals surface area contributed by atoms with Gasteiger partial charge < -0.3 is 4.74 Å². The van der Waals surface area contributed by atoms with Gasteiger partial charge in [0.05, 0.1) is 17.9 Å². The second-order valence-electron chi connectivity index (χ2n) is 8.01. The van der Waals surface area contributed by atoms with Crippen LogP contribution in [0.25, 0.3) is 21.3 Å². The van der Waals surface area contributed by atoms with Crippen molar-refractivity contribution in [3.8, 4) is 16.9 Å². The van der Waals surface area contributed by atoms with Crippen molar-refractivity contribution in [3.63, 3.8) is 0 Å². The number of nitrogens with zero attached hydrogens (tertiary/aromatic N) is 3. The second kappa shape index (κ2) is 10.8. The Hall–Kier alpha value is -4.56. The van der Waals surface area contributed by atoms with Gasteiger partial charge in [-0.3, -0.25) is 14.2 Å². The molecule has 5 rings (SSSR count). The largest absolute Gasteiger partial charge is 0.489 e. The Bertz CT molecular complexity index is 1580. The molecule has 0 unspecified atom stereocenters. The third-order valence-corrected chi connectivity index (χ3v) is 6.36. The maximum atomic E-state index is 13.1. The molecule has 8 heteroatoms. The van der Waals surface area contributed by atoms with Crippen molar-refractivity contribution in [1.82, 2.24) is 15.0 Å². The van der Waals surface area contributed by atoms with Crippen LogP contribution in [0.5, 0.6) is 5.75 Å². The first kappa shape index (κ1) is 23.2. The summed E-state index contributed by atoms with van der Waals surface area (Å²) in [6.45, 7) is 0.269. The molecule has 0 aliphatic rings. The monoisotopic (exact) mass is 494 g/mol. The molecule has 0 fully saturated rings. The summed E-state index contributed by atoms with van der Waals surface area (Å²) in [7, 11) is 0. The van der Waals surface area contributed by atoms with E-state index in [2.05, 4.69) is 15.5 Å². The zero-order valence-electron chi connectivity index (χ0n) is 19.2. The molecule has 5 aromatic rings. The number of hydrogen-bond acceptors (Lipinski definition) is 6. The number of amides is 1. The molecule has 1 N–H and O–H groups in total. The Morgan fingerprint density at radius 3 is 2.61 bits per heavy atom. The summed E-state index contributed by atoms with van der Waals surface area (Å²) in [6, 6.07) is 27.0. The molecule has 7 nitrogen and oxygen atoms in total. The Morgan fingerprint density at radius 1 is 1.03 bits per heavy atom. The van der Waals surface area contributed by atoms with Crippen LogP contribution < -0.4 is 15.7 Å². The van der Waals surface area contributed by atoms with E-state index in [0.717, 1.165) is 22.3 Å². The number of carbonyl (C=O) groups excluding carboxylic acids is 1. The summed E-state index contributed by atoms with van der Waals surface area (Å²) in [4.78, 5) is 30.6. The maximum Gasteiger partial charge on any atom is 0.263 e. The lowest BCUT2D eigenvalue weighted by Crippen LogP contribution is -2.30.